The number of nitrogens with zero attached hydrogens (tertiary/aromatic N) is 5. The van der Waals surface area contributed by atoms with E-state index in [-0.39, 0.29) is 12.3 Å². The molecule has 0 spiro atoms. The molecule has 0 aliphatic rings. The number of hydrogen-bond acceptors (Lipinski definition) is 6. The van der Waals surface area contributed by atoms with E-state index < -0.39 is 17.9 Å². The fourth-order valence-electron chi connectivity index (χ4n) is 3.77. The predicted octanol–water partition coefficient (Wildman–Crippen LogP) is 3.40. The largest absolute Gasteiger partial charge is 0.345 e. The fourth-order valence-corrected chi connectivity index (χ4v) is 3.95. The first kappa shape index (κ1) is 27.2. The molecule has 4 rings (SSSR count). The Morgan fingerprint density at radius 3 is 2.44 bits per heavy atom. The van der Waals surface area contributed by atoms with E-state index in [9.17, 15) is 14.4 Å². The zero-order valence-electron chi connectivity index (χ0n) is 21.3. The van der Waals surface area contributed by atoms with Gasteiger partial charge in [-0.25, -0.2) is 0 Å². The van der Waals surface area contributed by atoms with Crippen LogP contribution in [0.4, 0.5) is 5.69 Å². The first-order valence-corrected chi connectivity index (χ1v) is 12.4. The Balaban J connectivity index is 1.50. The molecule has 39 heavy (non-hydrogen) atoms. The molecule has 198 valence electrons. The summed E-state index contributed by atoms with van der Waals surface area (Å²) in [5.41, 5.74) is 3.12. The quantitative estimate of drug-likeness (QED) is 0.312. The van der Waals surface area contributed by atoms with Crippen molar-refractivity contribution in [2.45, 2.75) is 12.5 Å². The first-order valence-electron chi connectivity index (χ1n) is 12.0. The van der Waals surface area contributed by atoms with Gasteiger partial charge in [-0.05, 0) is 64.5 Å². The molecule has 1 heterocycles. The number of aromatic nitrogens is 4. The molecule has 0 bridgehead atoms. The summed E-state index contributed by atoms with van der Waals surface area (Å²) in [6.45, 7) is 0. The molecular formula is C28H26ClN7O3. The summed E-state index contributed by atoms with van der Waals surface area (Å²) in [6, 6.07) is 20.2. The van der Waals surface area contributed by atoms with Gasteiger partial charge in [-0.15, -0.1) is 5.10 Å². The molecule has 0 saturated carbocycles. The van der Waals surface area contributed by atoms with E-state index >= 15 is 0 Å². The van der Waals surface area contributed by atoms with Gasteiger partial charge >= 0.3 is 0 Å². The van der Waals surface area contributed by atoms with Crippen LogP contribution < -0.4 is 10.6 Å². The van der Waals surface area contributed by atoms with Crippen LogP contribution in [0.15, 0.2) is 85.2 Å². The van der Waals surface area contributed by atoms with Crippen molar-refractivity contribution in [3.63, 3.8) is 0 Å². The Morgan fingerprint density at radius 1 is 1.03 bits per heavy atom. The lowest BCUT2D eigenvalue weighted by Crippen LogP contribution is -2.44. The number of tetrazole rings is 1. The van der Waals surface area contributed by atoms with Gasteiger partial charge in [-0.3, -0.25) is 14.4 Å². The van der Waals surface area contributed by atoms with Gasteiger partial charge in [0.25, 0.3) is 5.91 Å². The molecule has 11 heteroatoms. The molecule has 0 unspecified atom stereocenters. The van der Waals surface area contributed by atoms with E-state index in [2.05, 4.69) is 26.2 Å². The third-order valence-electron chi connectivity index (χ3n) is 5.72. The lowest BCUT2D eigenvalue weighted by atomic mass is 10.0. The van der Waals surface area contributed by atoms with Crippen molar-refractivity contribution < 1.29 is 14.4 Å². The monoisotopic (exact) mass is 543 g/mol. The summed E-state index contributed by atoms with van der Waals surface area (Å²) in [5.74, 6) is -1.01. The minimum absolute atomic E-state index is 0.142. The predicted molar refractivity (Wildman–Crippen MR) is 148 cm³/mol. The molecule has 10 nitrogen and oxygen atoms in total. The second-order valence-electron chi connectivity index (χ2n) is 8.81. The molecule has 0 radical (unpaired) electrons. The molecule has 4 aromatic rings. The SMILES string of the molecule is CN(C)C(=O)c1ccc(NC(=O)[C@H](Cc2ccccc2)NC(=O)C=Cc2cc(Cl)ccc2-n2cnnn2)cc1. The molecule has 1 atom stereocenters. The summed E-state index contributed by atoms with van der Waals surface area (Å²) >= 11 is 6.16. The second-order valence-corrected chi connectivity index (χ2v) is 9.24. The molecule has 1 aromatic heterocycles. The van der Waals surface area contributed by atoms with Gasteiger partial charge in [0.05, 0.1) is 5.69 Å². The summed E-state index contributed by atoms with van der Waals surface area (Å²) < 4.78 is 1.46. The van der Waals surface area contributed by atoms with Crippen LogP contribution in [-0.4, -0.2) is 63.0 Å². The third kappa shape index (κ3) is 7.36. The topological polar surface area (TPSA) is 122 Å². The zero-order valence-corrected chi connectivity index (χ0v) is 22.0. The number of carbonyl (C=O) groups excluding carboxylic acids is 3. The molecule has 2 N–H and O–H groups in total. The highest BCUT2D eigenvalue weighted by atomic mass is 35.5. The van der Waals surface area contributed by atoms with Crippen LogP contribution in [0.1, 0.15) is 21.5 Å². The van der Waals surface area contributed by atoms with Crippen molar-refractivity contribution in [3.05, 3.63) is 107 Å². The highest BCUT2D eigenvalue weighted by molar-refractivity contribution is 6.30. The maximum absolute atomic E-state index is 13.2. The van der Waals surface area contributed by atoms with Gasteiger partial charge in [-0.1, -0.05) is 41.9 Å². The summed E-state index contributed by atoms with van der Waals surface area (Å²) in [4.78, 5) is 39.8. The van der Waals surface area contributed by atoms with E-state index in [0.717, 1.165) is 5.56 Å². The van der Waals surface area contributed by atoms with Crippen LogP contribution in [0.5, 0.6) is 0 Å². The average molecular weight is 544 g/mol. The van der Waals surface area contributed by atoms with E-state index in [4.69, 9.17) is 11.6 Å². The summed E-state index contributed by atoms with van der Waals surface area (Å²) in [7, 11) is 3.34. The van der Waals surface area contributed by atoms with E-state index in [0.29, 0.717) is 27.5 Å². The van der Waals surface area contributed by atoms with Crippen molar-refractivity contribution in [1.29, 1.82) is 0 Å². The minimum atomic E-state index is -0.869. The van der Waals surface area contributed by atoms with Gasteiger partial charge in [0.2, 0.25) is 11.8 Å². The molecular weight excluding hydrogens is 518 g/mol. The number of amides is 3. The van der Waals surface area contributed by atoms with Gasteiger partial charge in [-0.2, -0.15) is 4.68 Å². The van der Waals surface area contributed by atoms with Crippen LogP contribution in [-0.2, 0) is 16.0 Å². The van der Waals surface area contributed by atoms with Crippen molar-refractivity contribution in [2.75, 3.05) is 19.4 Å². The number of halogens is 1. The van der Waals surface area contributed by atoms with Crippen LogP contribution in [0, 0.1) is 0 Å². The highest BCUT2D eigenvalue weighted by Gasteiger charge is 2.21. The van der Waals surface area contributed by atoms with Gasteiger partial charge in [0.1, 0.15) is 12.4 Å². The Morgan fingerprint density at radius 2 is 1.77 bits per heavy atom. The van der Waals surface area contributed by atoms with Crippen molar-refractivity contribution in [3.8, 4) is 5.69 Å². The van der Waals surface area contributed by atoms with Crippen molar-refractivity contribution >= 4 is 41.1 Å². The van der Waals surface area contributed by atoms with Gasteiger partial charge < -0.3 is 15.5 Å². The third-order valence-corrected chi connectivity index (χ3v) is 5.96. The van der Waals surface area contributed by atoms with Crippen LogP contribution in [0.2, 0.25) is 5.02 Å². The lowest BCUT2D eigenvalue weighted by Gasteiger charge is -2.18. The maximum Gasteiger partial charge on any atom is 0.253 e. The molecule has 0 aliphatic carbocycles. The number of nitrogens with one attached hydrogen (secondary N) is 2. The lowest BCUT2D eigenvalue weighted by molar-refractivity contribution is -0.123. The van der Waals surface area contributed by atoms with Gasteiger partial charge in [0, 0.05) is 48.4 Å². The maximum atomic E-state index is 13.2. The summed E-state index contributed by atoms with van der Waals surface area (Å²) in [5, 5.41) is 17.3. The molecule has 3 aromatic carbocycles. The number of anilines is 1. The number of rotatable bonds is 9. The Hall–Kier alpha value is -4.83. The van der Waals surface area contributed by atoms with Crippen LogP contribution >= 0.6 is 11.6 Å². The molecule has 0 aliphatic heterocycles. The van der Waals surface area contributed by atoms with Crippen molar-refractivity contribution in [2.24, 2.45) is 0 Å². The molecule has 0 saturated heterocycles. The van der Waals surface area contributed by atoms with E-state index in [1.54, 1.807) is 62.6 Å². The normalized spacial score (nSPS) is 11.7. The number of carbonyl (C=O) groups is 3. The standard InChI is InChI=1S/C28H26ClN7O3/c1-35(2)28(39)20-8-12-23(13-9-20)31-27(38)24(16-19-6-4-3-5-7-19)32-26(37)15-10-21-17-22(29)11-14-25(21)36-18-30-33-34-36/h3-15,17-18,24H,16H2,1-2H3,(H,31,38)(H,32,37)/t24-/m0/s1. The van der Waals surface area contributed by atoms with E-state index in [1.807, 2.05) is 30.3 Å². The smallest absolute Gasteiger partial charge is 0.253 e. The van der Waals surface area contributed by atoms with E-state index in [1.165, 1.54) is 22.0 Å². The Bertz CT molecular complexity index is 1470. The Labute approximate surface area is 230 Å². The van der Waals surface area contributed by atoms with Gasteiger partial charge in [0.15, 0.2) is 0 Å². The first-order chi connectivity index (χ1) is 18.8. The number of hydrogen-bond donors (Lipinski definition) is 2. The van der Waals surface area contributed by atoms with Crippen LogP contribution in [0.3, 0.4) is 0 Å². The zero-order chi connectivity index (χ0) is 27.8. The molecule has 3 amide bonds. The average Bonchev–Trinajstić information content (AvgIpc) is 3.47. The second kappa shape index (κ2) is 12.6. The highest BCUT2D eigenvalue weighted by Crippen LogP contribution is 2.20. The van der Waals surface area contributed by atoms with Crippen molar-refractivity contribution in [1.82, 2.24) is 30.4 Å². The molecule has 0 fully saturated rings. The number of benzene rings is 3. The summed E-state index contributed by atoms with van der Waals surface area (Å²) in [6.07, 6.45) is 4.61. The Kier molecular flexibility index (Phi) is 8.80. The fraction of sp³-hybridized carbons (Fsp3) is 0.143. The van der Waals surface area contributed by atoms with Crippen LogP contribution in [0.25, 0.3) is 11.8 Å². The minimum Gasteiger partial charge on any atom is -0.345 e.